The molecule has 6 rings (SSSR count). The molecule has 0 saturated carbocycles. The number of benzene rings is 2. The molecule has 2 unspecified atom stereocenters. The molecule has 2 aliphatic heterocycles. The van der Waals surface area contributed by atoms with Crippen LogP contribution >= 0.6 is 23.8 Å². The van der Waals surface area contributed by atoms with Gasteiger partial charge in [0.25, 0.3) is 0 Å². The Balaban J connectivity index is 1.45. The largest absolute Gasteiger partial charge is 0.370 e. The van der Waals surface area contributed by atoms with Crippen molar-refractivity contribution in [1.82, 2.24) is 14.9 Å². The van der Waals surface area contributed by atoms with Gasteiger partial charge in [0.05, 0.1) is 28.5 Å². The first-order valence-corrected chi connectivity index (χ1v) is 15.3. The van der Waals surface area contributed by atoms with Gasteiger partial charge >= 0.3 is 0 Å². The molecule has 41 heavy (non-hydrogen) atoms. The monoisotopic (exact) mass is 583 g/mol. The lowest BCUT2D eigenvalue weighted by atomic mass is 9.96. The second kappa shape index (κ2) is 11.1. The normalized spacial score (nSPS) is 19.6. The summed E-state index contributed by atoms with van der Waals surface area (Å²) < 4.78 is 2.38. The van der Waals surface area contributed by atoms with Gasteiger partial charge < -0.3 is 19.7 Å². The minimum atomic E-state index is -0.113. The quantitative estimate of drug-likeness (QED) is 0.240. The molecule has 2 aromatic carbocycles. The Morgan fingerprint density at radius 3 is 2.41 bits per heavy atom. The highest BCUT2D eigenvalue weighted by Gasteiger charge is 2.42. The van der Waals surface area contributed by atoms with Gasteiger partial charge in [-0.2, -0.15) is 0 Å². The number of hydrogen-bond donors (Lipinski definition) is 1. The SMILES string of the molecule is Cc1cccc(-n2c(C)cc(C3C(c4ccccn4)NC(=S)N3c3ccc(N4CCC(C)CC4)c(Cl)c3)c2C)c1C. The molecule has 2 aliphatic rings. The Bertz CT molecular complexity index is 1590. The summed E-state index contributed by atoms with van der Waals surface area (Å²) in [6, 6.07) is 21.1. The Morgan fingerprint density at radius 2 is 1.71 bits per heavy atom. The number of aromatic nitrogens is 2. The summed E-state index contributed by atoms with van der Waals surface area (Å²) in [4.78, 5) is 9.40. The van der Waals surface area contributed by atoms with Crippen molar-refractivity contribution in [3.63, 3.8) is 0 Å². The van der Waals surface area contributed by atoms with Gasteiger partial charge in [-0.1, -0.05) is 36.7 Å². The highest BCUT2D eigenvalue weighted by atomic mass is 35.5. The molecular weight excluding hydrogens is 546 g/mol. The molecule has 0 spiro atoms. The fourth-order valence-corrected chi connectivity index (χ4v) is 7.18. The fourth-order valence-electron chi connectivity index (χ4n) is 6.54. The third-order valence-corrected chi connectivity index (χ3v) is 9.65. The average Bonchev–Trinajstić information content (AvgIpc) is 3.46. The zero-order valence-corrected chi connectivity index (χ0v) is 26.1. The van der Waals surface area contributed by atoms with Crippen LogP contribution in [0.4, 0.5) is 11.4 Å². The van der Waals surface area contributed by atoms with E-state index in [-0.39, 0.29) is 12.1 Å². The Labute approximate surface area is 254 Å². The number of pyridine rings is 1. The maximum absolute atomic E-state index is 7.00. The van der Waals surface area contributed by atoms with Gasteiger partial charge in [-0.05, 0) is 118 Å². The maximum atomic E-state index is 7.00. The molecule has 1 N–H and O–H groups in total. The van der Waals surface area contributed by atoms with E-state index in [0.717, 1.165) is 41.1 Å². The highest BCUT2D eigenvalue weighted by molar-refractivity contribution is 7.80. The summed E-state index contributed by atoms with van der Waals surface area (Å²) in [5.74, 6) is 0.768. The van der Waals surface area contributed by atoms with Crippen LogP contribution < -0.4 is 15.1 Å². The van der Waals surface area contributed by atoms with E-state index in [1.807, 2.05) is 18.3 Å². The molecule has 4 aromatic rings. The molecule has 0 aliphatic carbocycles. The minimum absolute atomic E-state index is 0.0970. The molecule has 0 bridgehead atoms. The Kier molecular flexibility index (Phi) is 7.56. The van der Waals surface area contributed by atoms with Gasteiger partial charge in [-0.3, -0.25) is 4.98 Å². The van der Waals surface area contributed by atoms with Crippen molar-refractivity contribution in [2.24, 2.45) is 5.92 Å². The van der Waals surface area contributed by atoms with Crippen molar-refractivity contribution in [1.29, 1.82) is 0 Å². The lowest BCUT2D eigenvalue weighted by Crippen LogP contribution is -2.33. The number of hydrogen-bond acceptors (Lipinski definition) is 3. The summed E-state index contributed by atoms with van der Waals surface area (Å²) in [6.45, 7) is 13.2. The van der Waals surface area contributed by atoms with E-state index in [4.69, 9.17) is 28.8 Å². The third kappa shape index (κ3) is 5.02. The van der Waals surface area contributed by atoms with Gasteiger partial charge in [-0.25, -0.2) is 0 Å². The third-order valence-electron chi connectivity index (χ3n) is 9.04. The van der Waals surface area contributed by atoms with E-state index in [2.05, 4.69) is 103 Å². The van der Waals surface area contributed by atoms with Crippen LogP contribution in [0.5, 0.6) is 0 Å². The summed E-state index contributed by atoms with van der Waals surface area (Å²) in [5.41, 5.74) is 10.4. The molecule has 212 valence electrons. The van der Waals surface area contributed by atoms with Crippen LogP contribution in [0.25, 0.3) is 5.69 Å². The number of anilines is 2. The molecule has 0 amide bonds. The highest BCUT2D eigenvalue weighted by Crippen LogP contribution is 2.45. The van der Waals surface area contributed by atoms with Crippen molar-refractivity contribution in [3.05, 3.63) is 106 Å². The molecule has 2 fully saturated rings. The van der Waals surface area contributed by atoms with Crippen LogP contribution in [0.1, 0.15) is 65.6 Å². The lowest BCUT2D eigenvalue weighted by molar-refractivity contribution is 0.438. The second-order valence-corrected chi connectivity index (χ2v) is 12.5. The zero-order valence-electron chi connectivity index (χ0n) is 24.5. The number of nitrogens with one attached hydrogen (secondary N) is 1. The molecule has 2 aromatic heterocycles. The minimum Gasteiger partial charge on any atom is -0.370 e. The van der Waals surface area contributed by atoms with Crippen LogP contribution in [0, 0.1) is 33.6 Å². The fraction of sp³-hybridized carbons (Fsp3) is 0.353. The molecule has 7 heteroatoms. The van der Waals surface area contributed by atoms with Crippen molar-refractivity contribution < 1.29 is 0 Å². The van der Waals surface area contributed by atoms with E-state index in [1.54, 1.807) is 0 Å². The summed E-state index contributed by atoms with van der Waals surface area (Å²) in [7, 11) is 0. The molecular formula is C34H38ClN5S. The topological polar surface area (TPSA) is 36.3 Å². The summed E-state index contributed by atoms with van der Waals surface area (Å²) >= 11 is 13.0. The standard InChI is InChI=1S/C34H38ClN5S/c1-21-14-17-38(18-15-21)31-13-12-26(20-28(31)35)40-33(32(37-34(40)41)29-10-6-7-16-36-29)27-19-23(3)39(25(27)5)30-11-8-9-22(2)24(30)4/h6-13,16,19-21,32-33H,14-15,17-18H2,1-5H3,(H,37,41). The van der Waals surface area contributed by atoms with Crippen LogP contribution in [0.2, 0.25) is 5.02 Å². The van der Waals surface area contributed by atoms with Gasteiger partial charge in [0.15, 0.2) is 5.11 Å². The van der Waals surface area contributed by atoms with E-state index < -0.39 is 0 Å². The van der Waals surface area contributed by atoms with Crippen molar-refractivity contribution >= 4 is 40.3 Å². The number of rotatable bonds is 5. The van der Waals surface area contributed by atoms with Gasteiger partial charge in [0.2, 0.25) is 0 Å². The van der Waals surface area contributed by atoms with Crippen LogP contribution in [0.15, 0.2) is 66.9 Å². The van der Waals surface area contributed by atoms with E-state index in [9.17, 15) is 0 Å². The molecule has 5 nitrogen and oxygen atoms in total. The van der Waals surface area contributed by atoms with E-state index in [1.165, 1.54) is 46.6 Å². The lowest BCUT2D eigenvalue weighted by Gasteiger charge is -2.33. The zero-order chi connectivity index (χ0) is 28.8. The van der Waals surface area contributed by atoms with Crippen LogP contribution in [-0.4, -0.2) is 27.8 Å². The summed E-state index contributed by atoms with van der Waals surface area (Å²) in [5, 5.41) is 5.06. The first kappa shape index (κ1) is 27.8. The van der Waals surface area contributed by atoms with E-state index in [0.29, 0.717) is 5.11 Å². The smallest absolute Gasteiger partial charge is 0.174 e. The van der Waals surface area contributed by atoms with Crippen molar-refractivity contribution in [2.45, 2.75) is 59.5 Å². The predicted molar refractivity (Wildman–Crippen MR) is 175 cm³/mol. The number of thiocarbonyl (C=S) groups is 1. The van der Waals surface area contributed by atoms with Crippen LogP contribution in [-0.2, 0) is 0 Å². The van der Waals surface area contributed by atoms with E-state index >= 15 is 0 Å². The first-order chi connectivity index (χ1) is 19.7. The number of piperidine rings is 1. The second-order valence-electron chi connectivity index (χ2n) is 11.7. The first-order valence-electron chi connectivity index (χ1n) is 14.5. The average molecular weight is 584 g/mol. The molecule has 0 radical (unpaired) electrons. The Morgan fingerprint density at radius 1 is 0.927 bits per heavy atom. The summed E-state index contributed by atoms with van der Waals surface area (Å²) in [6.07, 6.45) is 4.24. The number of halogens is 1. The van der Waals surface area contributed by atoms with Gasteiger partial charge in [0, 0.05) is 42.0 Å². The molecule has 2 saturated heterocycles. The number of nitrogens with zero attached hydrogens (tertiary/aromatic N) is 4. The van der Waals surface area contributed by atoms with Crippen LogP contribution in [0.3, 0.4) is 0 Å². The van der Waals surface area contributed by atoms with Gasteiger partial charge in [-0.15, -0.1) is 0 Å². The Hall–Kier alpha value is -3.35. The maximum Gasteiger partial charge on any atom is 0.174 e. The van der Waals surface area contributed by atoms with Crippen molar-refractivity contribution in [3.8, 4) is 5.69 Å². The number of aryl methyl sites for hydroxylation is 2. The van der Waals surface area contributed by atoms with Crippen molar-refractivity contribution in [2.75, 3.05) is 22.9 Å². The predicted octanol–water partition coefficient (Wildman–Crippen LogP) is 8.17. The molecule has 4 heterocycles. The molecule has 2 atom stereocenters. The van der Waals surface area contributed by atoms with Gasteiger partial charge in [0.1, 0.15) is 0 Å².